The lowest BCUT2D eigenvalue weighted by atomic mass is 9.93. The number of hydrogen-bond acceptors (Lipinski definition) is 2. The van der Waals surface area contributed by atoms with Crippen molar-refractivity contribution in [2.45, 2.75) is 52.1 Å². The van der Waals surface area contributed by atoms with Crippen LogP contribution in [0.3, 0.4) is 0 Å². The molecule has 0 aromatic heterocycles. The molecule has 0 radical (unpaired) electrons. The van der Waals surface area contributed by atoms with E-state index in [4.69, 9.17) is 4.74 Å². The van der Waals surface area contributed by atoms with Crippen molar-refractivity contribution < 1.29 is 4.74 Å². The van der Waals surface area contributed by atoms with E-state index in [1.54, 1.807) is 0 Å². The summed E-state index contributed by atoms with van der Waals surface area (Å²) in [6.07, 6.45) is 4.49. The molecule has 1 aromatic carbocycles. The Bertz CT molecular complexity index is 430. The first-order valence-electron chi connectivity index (χ1n) is 7.00. The van der Waals surface area contributed by atoms with Gasteiger partial charge in [0, 0.05) is 5.56 Å². The number of aliphatic imine (C=N–C) groups is 1. The molecule has 98 valence electrons. The van der Waals surface area contributed by atoms with Crippen molar-refractivity contribution in [2.24, 2.45) is 4.99 Å². The Balaban J connectivity index is 2.17. The molecule has 0 N–H and O–H groups in total. The molecule has 0 bridgehead atoms. The summed E-state index contributed by atoms with van der Waals surface area (Å²) >= 11 is 0. The molecule has 0 atom stereocenters. The summed E-state index contributed by atoms with van der Waals surface area (Å²) in [7, 11) is 0. The highest BCUT2D eigenvalue weighted by atomic mass is 16.5. The van der Waals surface area contributed by atoms with Crippen molar-refractivity contribution in [1.29, 1.82) is 0 Å². The third-order valence-corrected chi connectivity index (χ3v) is 3.61. The number of hydrogen-bond donors (Lipinski definition) is 0. The van der Waals surface area contributed by atoms with Gasteiger partial charge in [-0.15, -0.1) is 0 Å². The van der Waals surface area contributed by atoms with Crippen molar-refractivity contribution in [3.8, 4) is 0 Å². The van der Waals surface area contributed by atoms with Crippen LogP contribution in [0.1, 0.15) is 50.7 Å². The average molecular weight is 245 g/mol. The predicted molar refractivity (Wildman–Crippen MR) is 76.2 cm³/mol. The summed E-state index contributed by atoms with van der Waals surface area (Å²) in [5.41, 5.74) is 2.34. The molecule has 1 heterocycles. The molecule has 2 heteroatoms. The maximum atomic E-state index is 6.25. The molecule has 0 amide bonds. The van der Waals surface area contributed by atoms with Gasteiger partial charge >= 0.3 is 0 Å². The SMILES string of the molecule is CCCC1(CCC)CN=C(c2ccccc2C)O1. The fourth-order valence-corrected chi connectivity index (χ4v) is 2.73. The van der Waals surface area contributed by atoms with Gasteiger partial charge in [0.05, 0.1) is 6.54 Å². The van der Waals surface area contributed by atoms with E-state index in [0.29, 0.717) is 0 Å². The second-order valence-corrected chi connectivity index (χ2v) is 5.22. The quantitative estimate of drug-likeness (QED) is 0.765. The number of ether oxygens (including phenoxy) is 1. The third-order valence-electron chi connectivity index (χ3n) is 3.61. The molecular weight excluding hydrogens is 222 g/mol. The van der Waals surface area contributed by atoms with Gasteiger partial charge in [-0.1, -0.05) is 44.9 Å². The molecule has 0 unspecified atom stereocenters. The average Bonchev–Trinajstić information content (AvgIpc) is 2.75. The lowest BCUT2D eigenvalue weighted by molar-refractivity contribution is 0.0670. The van der Waals surface area contributed by atoms with Crippen LogP contribution in [-0.4, -0.2) is 18.0 Å². The van der Waals surface area contributed by atoms with Crippen LogP contribution >= 0.6 is 0 Å². The monoisotopic (exact) mass is 245 g/mol. The van der Waals surface area contributed by atoms with Crippen LogP contribution in [0.5, 0.6) is 0 Å². The number of aryl methyl sites for hydroxylation is 1. The van der Waals surface area contributed by atoms with E-state index in [0.717, 1.165) is 43.7 Å². The van der Waals surface area contributed by atoms with Crippen LogP contribution in [0.25, 0.3) is 0 Å². The van der Waals surface area contributed by atoms with Crippen LogP contribution in [0, 0.1) is 6.92 Å². The minimum Gasteiger partial charge on any atom is -0.469 e. The van der Waals surface area contributed by atoms with Gasteiger partial charge in [0.25, 0.3) is 0 Å². The molecule has 1 aliphatic rings. The van der Waals surface area contributed by atoms with Crippen LogP contribution in [0.15, 0.2) is 29.3 Å². The number of rotatable bonds is 5. The van der Waals surface area contributed by atoms with Crippen LogP contribution in [0.2, 0.25) is 0 Å². The lowest BCUT2D eigenvalue weighted by Crippen LogP contribution is -2.33. The Morgan fingerprint density at radius 2 is 1.83 bits per heavy atom. The van der Waals surface area contributed by atoms with Gasteiger partial charge in [-0.25, -0.2) is 4.99 Å². The molecule has 1 aromatic rings. The predicted octanol–water partition coefficient (Wildman–Crippen LogP) is 4.11. The van der Waals surface area contributed by atoms with Gasteiger partial charge in [-0.3, -0.25) is 0 Å². The zero-order valence-corrected chi connectivity index (χ0v) is 11.7. The summed E-state index contributed by atoms with van der Waals surface area (Å²) < 4.78 is 6.25. The van der Waals surface area contributed by atoms with Crippen molar-refractivity contribution in [2.75, 3.05) is 6.54 Å². The fraction of sp³-hybridized carbons (Fsp3) is 0.562. The maximum absolute atomic E-state index is 6.25. The summed E-state index contributed by atoms with van der Waals surface area (Å²) in [4.78, 5) is 4.65. The summed E-state index contributed by atoms with van der Waals surface area (Å²) in [5, 5.41) is 0. The highest BCUT2D eigenvalue weighted by Gasteiger charge is 2.36. The van der Waals surface area contributed by atoms with Crippen molar-refractivity contribution in [3.05, 3.63) is 35.4 Å². The Morgan fingerprint density at radius 1 is 1.17 bits per heavy atom. The second kappa shape index (κ2) is 5.55. The molecule has 0 fully saturated rings. The van der Waals surface area contributed by atoms with E-state index in [9.17, 15) is 0 Å². The van der Waals surface area contributed by atoms with Gasteiger partial charge in [-0.2, -0.15) is 0 Å². The Labute approximate surface area is 110 Å². The van der Waals surface area contributed by atoms with E-state index < -0.39 is 0 Å². The normalized spacial score (nSPS) is 17.4. The molecule has 0 aliphatic carbocycles. The number of nitrogens with zero attached hydrogens (tertiary/aromatic N) is 1. The van der Waals surface area contributed by atoms with Crippen molar-refractivity contribution in [3.63, 3.8) is 0 Å². The van der Waals surface area contributed by atoms with E-state index in [1.165, 1.54) is 5.56 Å². The zero-order valence-electron chi connectivity index (χ0n) is 11.7. The van der Waals surface area contributed by atoms with Gasteiger partial charge < -0.3 is 4.74 Å². The third kappa shape index (κ3) is 2.58. The topological polar surface area (TPSA) is 21.6 Å². The number of benzene rings is 1. The standard InChI is InChI=1S/C16H23NO/c1-4-10-16(11-5-2)12-17-15(18-16)14-9-7-6-8-13(14)3/h6-9H,4-5,10-12H2,1-3H3. The smallest absolute Gasteiger partial charge is 0.217 e. The molecule has 0 saturated carbocycles. The molecule has 18 heavy (non-hydrogen) atoms. The van der Waals surface area contributed by atoms with Crippen LogP contribution in [-0.2, 0) is 4.74 Å². The molecular formula is C16H23NO. The molecule has 0 spiro atoms. The van der Waals surface area contributed by atoms with Crippen molar-refractivity contribution >= 4 is 5.90 Å². The van der Waals surface area contributed by atoms with E-state index in [1.807, 2.05) is 6.07 Å². The zero-order chi connectivity index (χ0) is 13.0. The van der Waals surface area contributed by atoms with Gasteiger partial charge in [0.1, 0.15) is 5.60 Å². The summed E-state index contributed by atoms with van der Waals surface area (Å²) in [5.74, 6) is 0.843. The molecule has 2 rings (SSSR count). The molecule has 0 saturated heterocycles. The fourth-order valence-electron chi connectivity index (χ4n) is 2.73. The highest BCUT2D eigenvalue weighted by Crippen LogP contribution is 2.31. The first-order valence-corrected chi connectivity index (χ1v) is 7.00. The maximum Gasteiger partial charge on any atom is 0.217 e. The minimum absolute atomic E-state index is 0.0406. The van der Waals surface area contributed by atoms with Gasteiger partial charge in [0.15, 0.2) is 0 Å². The van der Waals surface area contributed by atoms with Crippen LogP contribution < -0.4 is 0 Å². The first-order chi connectivity index (χ1) is 8.71. The summed E-state index contributed by atoms with van der Waals surface area (Å²) in [6.45, 7) is 7.36. The Hall–Kier alpha value is -1.31. The molecule has 2 nitrogen and oxygen atoms in total. The largest absolute Gasteiger partial charge is 0.469 e. The molecule has 1 aliphatic heterocycles. The lowest BCUT2D eigenvalue weighted by Gasteiger charge is -2.28. The Kier molecular flexibility index (Phi) is 4.05. The summed E-state index contributed by atoms with van der Waals surface area (Å²) in [6, 6.07) is 8.32. The Morgan fingerprint density at radius 3 is 2.44 bits per heavy atom. The van der Waals surface area contributed by atoms with E-state index >= 15 is 0 Å². The van der Waals surface area contributed by atoms with Crippen molar-refractivity contribution in [1.82, 2.24) is 0 Å². The highest BCUT2D eigenvalue weighted by molar-refractivity contribution is 5.96. The van der Waals surface area contributed by atoms with Gasteiger partial charge in [0.2, 0.25) is 5.90 Å². The second-order valence-electron chi connectivity index (χ2n) is 5.22. The first kappa shape index (κ1) is 13.1. The van der Waals surface area contributed by atoms with Gasteiger partial charge in [-0.05, 0) is 31.4 Å². The minimum atomic E-state index is -0.0406. The van der Waals surface area contributed by atoms with E-state index in [-0.39, 0.29) is 5.60 Å². The van der Waals surface area contributed by atoms with Crippen LogP contribution in [0.4, 0.5) is 0 Å². The van der Waals surface area contributed by atoms with E-state index in [2.05, 4.69) is 44.0 Å².